The highest BCUT2D eigenvalue weighted by Gasteiger charge is 2.12. The van der Waals surface area contributed by atoms with Gasteiger partial charge in [0.1, 0.15) is 17.1 Å². The molecule has 0 saturated carbocycles. The third kappa shape index (κ3) is 2.22. The number of hydrogen-bond acceptors (Lipinski definition) is 4. The number of methoxy groups -OCH3 is 1. The zero-order chi connectivity index (χ0) is 15.0. The quantitative estimate of drug-likeness (QED) is 0.735. The fourth-order valence-corrected chi connectivity index (χ4v) is 2.27. The molecule has 2 N–H and O–H groups in total. The molecule has 0 bridgehead atoms. The fourth-order valence-electron chi connectivity index (χ4n) is 2.27. The predicted octanol–water partition coefficient (Wildman–Crippen LogP) is 0.549. The number of para-hydroxylation sites is 1. The Morgan fingerprint density at radius 2 is 2.00 bits per heavy atom. The van der Waals surface area contributed by atoms with Crippen LogP contribution in [0.2, 0.25) is 0 Å². The molecule has 0 saturated heterocycles. The second kappa shape index (κ2) is 4.93. The van der Waals surface area contributed by atoms with Gasteiger partial charge in [-0.25, -0.2) is 9.78 Å². The van der Waals surface area contributed by atoms with Crippen LogP contribution in [0, 0.1) is 0 Å². The molecule has 2 aromatic heterocycles. The first-order chi connectivity index (χ1) is 10.1. The maximum atomic E-state index is 11.8. The molecule has 0 spiro atoms. The lowest BCUT2D eigenvalue weighted by Gasteiger charge is -2.05. The molecule has 7 heteroatoms. The van der Waals surface area contributed by atoms with Gasteiger partial charge in [-0.15, -0.1) is 0 Å². The summed E-state index contributed by atoms with van der Waals surface area (Å²) in [5, 5.41) is 0. The van der Waals surface area contributed by atoms with E-state index < -0.39 is 11.2 Å². The van der Waals surface area contributed by atoms with Crippen molar-refractivity contribution in [2.75, 3.05) is 7.11 Å². The van der Waals surface area contributed by atoms with Gasteiger partial charge in [-0.2, -0.15) is 0 Å². The summed E-state index contributed by atoms with van der Waals surface area (Å²) >= 11 is 0. The van der Waals surface area contributed by atoms with Crippen LogP contribution in [-0.2, 0) is 13.5 Å². The summed E-state index contributed by atoms with van der Waals surface area (Å²) in [6.07, 6.45) is 0.478. The average molecular weight is 286 g/mol. The van der Waals surface area contributed by atoms with Gasteiger partial charge in [0.2, 0.25) is 0 Å². The second-order valence-electron chi connectivity index (χ2n) is 4.69. The van der Waals surface area contributed by atoms with Crippen molar-refractivity contribution in [3.05, 3.63) is 56.5 Å². The van der Waals surface area contributed by atoms with Gasteiger partial charge in [0, 0.05) is 19.0 Å². The van der Waals surface area contributed by atoms with E-state index in [1.807, 2.05) is 24.3 Å². The lowest BCUT2D eigenvalue weighted by Crippen LogP contribution is -2.28. The zero-order valence-electron chi connectivity index (χ0n) is 11.6. The number of benzene rings is 1. The highest BCUT2D eigenvalue weighted by molar-refractivity contribution is 5.69. The summed E-state index contributed by atoms with van der Waals surface area (Å²) in [5.74, 6) is 1.35. The Balaban J connectivity index is 2.10. The maximum Gasteiger partial charge on any atom is 0.329 e. The molecule has 2 heterocycles. The lowest BCUT2D eigenvalue weighted by molar-refractivity contribution is 0.410. The summed E-state index contributed by atoms with van der Waals surface area (Å²) in [4.78, 5) is 32.9. The summed E-state index contributed by atoms with van der Waals surface area (Å²) < 4.78 is 6.60. The van der Waals surface area contributed by atoms with Crippen LogP contribution in [0.1, 0.15) is 11.4 Å². The van der Waals surface area contributed by atoms with Crippen molar-refractivity contribution in [1.29, 1.82) is 0 Å². The van der Waals surface area contributed by atoms with Crippen LogP contribution in [0.25, 0.3) is 11.2 Å². The summed E-state index contributed by atoms with van der Waals surface area (Å²) in [5.41, 5.74) is 0.630. The van der Waals surface area contributed by atoms with E-state index in [1.165, 1.54) is 4.57 Å². The number of H-pyrrole nitrogens is 2. The van der Waals surface area contributed by atoms with Crippen LogP contribution in [0.15, 0.2) is 33.9 Å². The molecule has 0 unspecified atom stereocenters. The van der Waals surface area contributed by atoms with E-state index >= 15 is 0 Å². The molecule has 3 rings (SSSR count). The number of imidazole rings is 1. The highest BCUT2D eigenvalue weighted by atomic mass is 16.5. The van der Waals surface area contributed by atoms with E-state index in [0.717, 1.165) is 11.3 Å². The Bertz CT molecular complexity index is 920. The number of rotatable bonds is 3. The SMILES string of the molecule is COc1ccccc1Cc1nc2c([nH]1)c(=O)[nH]c(=O)n2C. The van der Waals surface area contributed by atoms with E-state index in [2.05, 4.69) is 15.0 Å². The molecule has 21 heavy (non-hydrogen) atoms. The van der Waals surface area contributed by atoms with Crippen molar-refractivity contribution in [2.24, 2.45) is 7.05 Å². The third-order valence-corrected chi connectivity index (χ3v) is 3.35. The molecule has 3 aromatic rings. The Labute approximate surface area is 119 Å². The minimum atomic E-state index is -0.483. The standard InChI is InChI=1S/C14H14N4O3/c1-18-12-11(13(19)17-14(18)20)15-10(16-12)7-8-5-3-4-6-9(8)21-2/h3-6H,7H2,1-2H3,(H,15,16)(H,17,19,20). The van der Waals surface area contributed by atoms with Crippen molar-refractivity contribution in [1.82, 2.24) is 19.5 Å². The first-order valence-electron chi connectivity index (χ1n) is 6.40. The molecule has 0 amide bonds. The van der Waals surface area contributed by atoms with Crippen molar-refractivity contribution in [3.8, 4) is 5.75 Å². The molecule has 0 fully saturated rings. The van der Waals surface area contributed by atoms with Crippen LogP contribution in [0.5, 0.6) is 5.75 Å². The Hall–Kier alpha value is -2.83. The zero-order valence-corrected chi connectivity index (χ0v) is 11.6. The average Bonchev–Trinajstić information content (AvgIpc) is 2.90. The van der Waals surface area contributed by atoms with Gasteiger partial charge in [-0.1, -0.05) is 18.2 Å². The number of aromatic amines is 2. The van der Waals surface area contributed by atoms with Crippen LogP contribution in [0.4, 0.5) is 0 Å². The molecule has 0 aliphatic heterocycles. The van der Waals surface area contributed by atoms with E-state index in [9.17, 15) is 9.59 Å². The largest absolute Gasteiger partial charge is 0.496 e. The molecule has 0 aliphatic rings. The molecule has 1 aromatic carbocycles. The Kier molecular flexibility index (Phi) is 3.09. The van der Waals surface area contributed by atoms with Gasteiger partial charge in [0.15, 0.2) is 5.65 Å². The molecular weight excluding hydrogens is 272 g/mol. The van der Waals surface area contributed by atoms with Crippen molar-refractivity contribution < 1.29 is 4.74 Å². The predicted molar refractivity (Wildman–Crippen MR) is 77.8 cm³/mol. The molecular formula is C14H14N4O3. The van der Waals surface area contributed by atoms with E-state index in [4.69, 9.17) is 4.74 Å². The van der Waals surface area contributed by atoms with Crippen molar-refractivity contribution in [3.63, 3.8) is 0 Å². The monoisotopic (exact) mass is 286 g/mol. The van der Waals surface area contributed by atoms with Crippen molar-refractivity contribution in [2.45, 2.75) is 6.42 Å². The first-order valence-corrected chi connectivity index (χ1v) is 6.40. The van der Waals surface area contributed by atoms with Gasteiger partial charge in [-0.05, 0) is 6.07 Å². The fraction of sp³-hybridized carbons (Fsp3) is 0.214. The number of aryl methyl sites for hydroxylation is 1. The van der Waals surface area contributed by atoms with E-state index in [-0.39, 0.29) is 0 Å². The molecule has 7 nitrogen and oxygen atoms in total. The Morgan fingerprint density at radius 1 is 1.24 bits per heavy atom. The minimum Gasteiger partial charge on any atom is -0.496 e. The summed E-state index contributed by atoms with van der Waals surface area (Å²) in [6.45, 7) is 0. The van der Waals surface area contributed by atoms with Gasteiger partial charge in [-0.3, -0.25) is 14.3 Å². The highest BCUT2D eigenvalue weighted by Crippen LogP contribution is 2.20. The van der Waals surface area contributed by atoms with E-state index in [1.54, 1.807) is 14.2 Å². The van der Waals surface area contributed by atoms with Gasteiger partial charge in [0.25, 0.3) is 5.56 Å². The normalized spacial score (nSPS) is 11.0. The number of nitrogens with one attached hydrogen (secondary N) is 2. The number of nitrogens with zero attached hydrogens (tertiary/aromatic N) is 2. The van der Waals surface area contributed by atoms with Crippen LogP contribution in [-0.4, -0.2) is 26.6 Å². The molecule has 0 radical (unpaired) electrons. The van der Waals surface area contributed by atoms with Crippen LogP contribution in [0.3, 0.4) is 0 Å². The third-order valence-electron chi connectivity index (χ3n) is 3.35. The van der Waals surface area contributed by atoms with Gasteiger partial charge < -0.3 is 9.72 Å². The van der Waals surface area contributed by atoms with E-state index in [0.29, 0.717) is 23.4 Å². The summed E-state index contributed by atoms with van der Waals surface area (Å²) in [7, 11) is 3.17. The number of hydrogen-bond donors (Lipinski definition) is 2. The smallest absolute Gasteiger partial charge is 0.329 e. The molecule has 0 aliphatic carbocycles. The minimum absolute atomic E-state index is 0.294. The lowest BCUT2D eigenvalue weighted by atomic mass is 10.1. The van der Waals surface area contributed by atoms with Crippen molar-refractivity contribution >= 4 is 11.2 Å². The van der Waals surface area contributed by atoms with Gasteiger partial charge in [0.05, 0.1) is 7.11 Å². The molecule has 108 valence electrons. The summed E-state index contributed by atoms with van der Waals surface area (Å²) in [6, 6.07) is 7.58. The topological polar surface area (TPSA) is 92.8 Å². The van der Waals surface area contributed by atoms with Crippen LogP contribution >= 0.6 is 0 Å². The molecule has 0 atom stereocenters. The van der Waals surface area contributed by atoms with Gasteiger partial charge >= 0.3 is 5.69 Å². The van der Waals surface area contributed by atoms with Crippen LogP contribution < -0.4 is 16.0 Å². The second-order valence-corrected chi connectivity index (χ2v) is 4.69. The number of fused-ring (bicyclic) bond motifs is 1. The Morgan fingerprint density at radius 3 is 2.76 bits per heavy atom. The number of ether oxygens (including phenoxy) is 1. The first kappa shape index (κ1) is 13.2. The maximum absolute atomic E-state index is 11.8. The number of aromatic nitrogens is 4.